The van der Waals surface area contributed by atoms with Crippen LogP contribution in [0.5, 0.6) is 0 Å². The van der Waals surface area contributed by atoms with Gasteiger partial charge in [0.2, 0.25) is 5.91 Å². The number of rotatable bonds is 5. The van der Waals surface area contributed by atoms with Crippen molar-refractivity contribution in [3.63, 3.8) is 0 Å². The molecule has 0 fully saturated rings. The highest BCUT2D eigenvalue weighted by Gasteiger charge is 2.16. The van der Waals surface area contributed by atoms with Crippen LogP contribution < -0.4 is 10.9 Å². The van der Waals surface area contributed by atoms with Crippen molar-refractivity contribution in [1.82, 2.24) is 9.55 Å². The van der Waals surface area contributed by atoms with E-state index >= 15 is 0 Å². The second-order valence-electron chi connectivity index (χ2n) is 7.00. The van der Waals surface area contributed by atoms with Gasteiger partial charge in [-0.15, -0.1) is 0 Å². The van der Waals surface area contributed by atoms with Crippen LogP contribution in [0.3, 0.4) is 0 Å². The molecule has 0 spiro atoms. The van der Waals surface area contributed by atoms with Gasteiger partial charge in [0.05, 0.1) is 28.0 Å². The molecule has 0 bridgehead atoms. The maximum atomic E-state index is 13.8. The number of benzene rings is 3. The van der Waals surface area contributed by atoms with Crippen LogP contribution in [0, 0.1) is 18.6 Å². The molecular weight excluding hydrogens is 456 g/mol. The fraction of sp³-hybridized carbons (Fsp3) is 0.0870. The van der Waals surface area contributed by atoms with Gasteiger partial charge in [0.25, 0.3) is 5.56 Å². The predicted molar refractivity (Wildman–Crippen MR) is 123 cm³/mol. The maximum Gasteiger partial charge on any atom is 0.266 e. The van der Waals surface area contributed by atoms with E-state index in [0.717, 1.165) is 35.5 Å². The van der Waals surface area contributed by atoms with Crippen LogP contribution in [-0.4, -0.2) is 21.2 Å². The second-order valence-corrected chi connectivity index (χ2v) is 8.38. The molecule has 0 saturated heterocycles. The smallest absolute Gasteiger partial charge is 0.266 e. The number of carbonyl (C=O) groups excluding carboxylic acids is 1. The number of thioether (sulfide) groups is 1. The minimum atomic E-state index is -0.750. The third-order valence-corrected chi connectivity index (χ3v) is 5.77. The van der Waals surface area contributed by atoms with Crippen LogP contribution in [0.2, 0.25) is 5.02 Å². The number of carbonyl (C=O) groups is 1. The number of fused-ring (bicyclic) bond motifs is 1. The Morgan fingerprint density at radius 1 is 1.12 bits per heavy atom. The van der Waals surface area contributed by atoms with Crippen LogP contribution in [0.25, 0.3) is 16.6 Å². The fourth-order valence-electron chi connectivity index (χ4n) is 3.14. The number of aryl methyl sites for hydroxylation is 1. The fourth-order valence-corrected chi connectivity index (χ4v) is 4.12. The Labute approximate surface area is 191 Å². The minimum Gasteiger partial charge on any atom is -0.323 e. The largest absolute Gasteiger partial charge is 0.323 e. The molecule has 0 radical (unpaired) electrons. The van der Waals surface area contributed by atoms with Gasteiger partial charge in [0, 0.05) is 11.1 Å². The molecule has 0 atom stereocenters. The molecule has 9 heteroatoms. The average molecular weight is 472 g/mol. The Morgan fingerprint density at radius 3 is 2.72 bits per heavy atom. The monoisotopic (exact) mass is 471 g/mol. The molecule has 1 heterocycles. The van der Waals surface area contributed by atoms with E-state index in [4.69, 9.17) is 11.6 Å². The molecule has 5 nitrogen and oxygen atoms in total. The van der Waals surface area contributed by atoms with Gasteiger partial charge < -0.3 is 5.32 Å². The zero-order valence-electron chi connectivity index (χ0n) is 16.7. The van der Waals surface area contributed by atoms with Crippen molar-refractivity contribution in [2.75, 3.05) is 11.1 Å². The van der Waals surface area contributed by atoms with Crippen molar-refractivity contribution in [3.8, 4) is 5.69 Å². The lowest BCUT2D eigenvalue weighted by molar-refractivity contribution is -0.113. The second kappa shape index (κ2) is 9.10. The van der Waals surface area contributed by atoms with E-state index in [1.54, 1.807) is 24.3 Å². The van der Waals surface area contributed by atoms with E-state index in [1.807, 2.05) is 25.1 Å². The number of hydrogen-bond donors (Lipinski definition) is 1. The Morgan fingerprint density at radius 2 is 1.94 bits per heavy atom. The first-order valence-corrected chi connectivity index (χ1v) is 10.9. The summed E-state index contributed by atoms with van der Waals surface area (Å²) in [7, 11) is 0. The van der Waals surface area contributed by atoms with Gasteiger partial charge in [-0.1, -0.05) is 35.5 Å². The van der Waals surface area contributed by atoms with Crippen molar-refractivity contribution < 1.29 is 13.6 Å². The molecule has 0 saturated carbocycles. The van der Waals surface area contributed by atoms with E-state index in [1.165, 1.54) is 4.57 Å². The van der Waals surface area contributed by atoms with E-state index in [0.29, 0.717) is 21.6 Å². The molecule has 4 aromatic rings. The van der Waals surface area contributed by atoms with Crippen molar-refractivity contribution >= 4 is 45.9 Å². The summed E-state index contributed by atoms with van der Waals surface area (Å²) in [5.74, 6) is -2.17. The molecule has 1 amide bonds. The highest BCUT2D eigenvalue weighted by atomic mass is 35.5. The van der Waals surface area contributed by atoms with Gasteiger partial charge in [-0.05, 0) is 55.0 Å². The summed E-state index contributed by atoms with van der Waals surface area (Å²) < 4.78 is 28.6. The molecule has 0 aliphatic heterocycles. The lowest BCUT2D eigenvalue weighted by atomic mass is 10.2. The lowest BCUT2D eigenvalue weighted by Crippen LogP contribution is -2.23. The van der Waals surface area contributed by atoms with E-state index < -0.39 is 17.5 Å². The number of hydrogen-bond acceptors (Lipinski definition) is 4. The number of amides is 1. The van der Waals surface area contributed by atoms with Gasteiger partial charge in [-0.25, -0.2) is 13.8 Å². The van der Waals surface area contributed by atoms with Crippen LogP contribution in [-0.2, 0) is 4.79 Å². The number of nitrogens with zero attached hydrogens (tertiary/aromatic N) is 2. The van der Waals surface area contributed by atoms with E-state index in [9.17, 15) is 18.4 Å². The summed E-state index contributed by atoms with van der Waals surface area (Å²) in [6.45, 7) is 1.90. The summed E-state index contributed by atoms with van der Waals surface area (Å²) in [5.41, 5.74) is 1.37. The molecule has 0 aliphatic carbocycles. The SMILES string of the molecule is Cc1cccc(-n2c(SCC(=O)Nc3cc(F)ccc3F)nc3cc(Cl)ccc3c2=O)c1. The van der Waals surface area contributed by atoms with Crippen LogP contribution >= 0.6 is 23.4 Å². The lowest BCUT2D eigenvalue weighted by Gasteiger charge is -2.14. The normalized spacial score (nSPS) is 11.0. The quantitative estimate of drug-likeness (QED) is 0.314. The summed E-state index contributed by atoms with van der Waals surface area (Å²) >= 11 is 7.06. The molecule has 0 unspecified atom stereocenters. The third-order valence-electron chi connectivity index (χ3n) is 4.60. The van der Waals surface area contributed by atoms with Crippen molar-refractivity contribution in [1.29, 1.82) is 0 Å². The van der Waals surface area contributed by atoms with Crippen molar-refractivity contribution in [2.45, 2.75) is 12.1 Å². The van der Waals surface area contributed by atoms with E-state index in [2.05, 4.69) is 10.3 Å². The Bertz CT molecular complexity index is 1410. The number of aromatic nitrogens is 2. The molecular formula is C23H16ClF2N3O2S. The van der Waals surface area contributed by atoms with Gasteiger partial charge in [0.1, 0.15) is 11.6 Å². The summed E-state index contributed by atoms with van der Waals surface area (Å²) in [6.07, 6.45) is 0. The van der Waals surface area contributed by atoms with Crippen molar-refractivity contribution in [3.05, 3.63) is 93.2 Å². The van der Waals surface area contributed by atoms with E-state index in [-0.39, 0.29) is 22.2 Å². The zero-order valence-corrected chi connectivity index (χ0v) is 18.3. The number of anilines is 1. The third kappa shape index (κ3) is 4.66. The summed E-state index contributed by atoms with van der Waals surface area (Å²) in [5, 5.41) is 3.41. The topological polar surface area (TPSA) is 64.0 Å². The first kappa shape index (κ1) is 22.0. The molecule has 32 heavy (non-hydrogen) atoms. The summed E-state index contributed by atoms with van der Waals surface area (Å²) in [6, 6.07) is 14.9. The zero-order chi connectivity index (χ0) is 22.8. The first-order chi connectivity index (χ1) is 15.3. The Balaban J connectivity index is 1.70. The highest BCUT2D eigenvalue weighted by Crippen LogP contribution is 2.24. The van der Waals surface area contributed by atoms with Gasteiger partial charge in [0.15, 0.2) is 5.16 Å². The number of halogens is 3. The Hall–Kier alpha value is -3.23. The van der Waals surface area contributed by atoms with Crippen LogP contribution in [0.1, 0.15) is 5.56 Å². The molecule has 4 rings (SSSR count). The molecule has 3 aromatic carbocycles. The van der Waals surface area contributed by atoms with Gasteiger partial charge in [-0.3, -0.25) is 14.2 Å². The average Bonchev–Trinajstić information content (AvgIpc) is 2.74. The number of nitrogens with one attached hydrogen (secondary N) is 1. The molecule has 1 N–H and O–H groups in total. The predicted octanol–water partition coefficient (Wildman–Crippen LogP) is 5.36. The minimum absolute atomic E-state index is 0.180. The molecule has 0 aliphatic rings. The highest BCUT2D eigenvalue weighted by molar-refractivity contribution is 7.99. The standard InChI is InChI=1S/C23H16ClF2N3O2S/c1-13-3-2-4-16(9-13)29-22(31)17-7-5-14(24)10-19(17)28-23(29)32-12-21(30)27-20-11-15(25)6-8-18(20)26/h2-11H,12H2,1H3,(H,27,30). The van der Waals surface area contributed by atoms with Crippen LogP contribution in [0.4, 0.5) is 14.5 Å². The van der Waals surface area contributed by atoms with Gasteiger partial charge >= 0.3 is 0 Å². The summed E-state index contributed by atoms with van der Waals surface area (Å²) in [4.78, 5) is 30.2. The molecule has 162 valence electrons. The Kier molecular flexibility index (Phi) is 6.25. The first-order valence-electron chi connectivity index (χ1n) is 9.49. The molecule has 1 aromatic heterocycles. The van der Waals surface area contributed by atoms with Crippen molar-refractivity contribution in [2.24, 2.45) is 0 Å². The van der Waals surface area contributed by atoms with Crippen LogP contribution in [0.15, 0.2) is 70.6 Å². The van der Waals surface area contributed by atoms with Gasteiger partial charge in [-0.2, -0.15) is 0 Å². The maximum absolute atomic E-state index is 13.8.